The van der Waals surface area contributed by atoms with Crippen LogP contribution in [0.1, 0.15) is 38.2 Å². The fraction of sp³-hybridized carbons (Fsp3) is 0.533. The molecule has 2 nitrogen and oxygen atoms in total. The molecule has 2 atom stereocenters. The Balaban J connectivity index is 2.26. The second-order valence-corrected chi connectivity index (χ2v) is 6.20. The van der Waals surface area contributed by atoms with Crippen LogP contribution in [-0.2, 0) is 0 Å². The molecule has 0 aromatic heterocycles. The van der Waals surface area contributed by atoms with Gasteiger partial charge in [-0.3, -0.25) is 0 Å². The quantitative estimate of drug-likeness (QED) is 0.802. The van der Waals surface area contributed by atoms with Gasteiger partial charge in [0.15, 0.2) is 5.82 Å². The third-order valence-electron chi connectivity index (χ3n) is 4.02. The van der Waals surface area contributed by atoms with Gasteiger partial charge in [0.1, 0.15) is 6.07 Å². The minimum Gasteiger partial charge on any atom is -0.369 e. The van der Waals surface area contributed by atoms with E-state index in [0.29, 0.717) is 23.2 Å². The van der Waals surface area contributed by atoms with Crippen LogP contribution in [-0.4, -0.2) is 13.1 Å². The predicted octanol–water partition coefficient (Wildman–Crippen LogP) is 4.47. The molecule has 0 N–H and O–H groups in total. The summed E-state index contributed by atoms with van der Waals surface area (Å²) in [4.78, 5) is 2.02. The maximum Gasteiger partial charge on any atom is 0.161 e. The number of hydrogen-bond donors (Lipinski definition) is 0. The fourth-order valence-electron chi connectivity index (χ4n) is 2.85. The van der Waals surface area contributed by atoms with Gasteiger partial charge in [-0.15, -0.1) is 0 Å². The summed E-state index contributed by atoms with van der Waals surface area (Å²) in [6, 6.07) is 5.75. The summed E-state index contributed by atoms with van der Waals surface area (Å²) in [6.07, 6.45) is 4.69. The monoisotopic (exact) mass is 324 g/mol. The highest BCUT2D eigenvalue weighted by atomic mass is 79.9. The molecule has 2 unspecified atom stereocenters. The van der Waals surface area contributed by atoms with E-state index in [2.05, 4.69) is 22.9 Å². The Morgan fingerprint density at radius 2 is 2.16 bits per heavy atom. The third-order valence-corrected chi connectivity index (χ3v) is 4.79. The number of anilines is 1. The number of halogens is 2. The number of nitriles is 1. The first-order chi connectivity index (χ1) is 9.04. The van der Waals surface area contributed by atoms with E-state index < -0.39 is 0 Å². The maximum atomic E-state index is 14.3. The van der Waals surface area contributed by atoms with Gasteiger partial charge in [0.05, 0.1) is 15.7 Å². The zero-order valence-corrected chi connectivity index (χ0v) is 12.9. The molecular formula is C15H18BrFN2. The van der Waals surface area contributed by atoms with E-state index in [9.17, 15) is 4.39 Å². The van der Waals surface area contributed by atoms with Crippen LogP contribution in [0.3, 0.4) is 0 Å². The van der Waals surface area contributed by atoms with Crippen molar-refractivity contribution < 1.29 is 4.39 Å². The largest absolute Gasteiger partial charge is 0.369 e. The Hall–Kier alpha value is -1.08. The summed E-state index contributed by atoms with van der Waals surface area (Å²) >= 11 is 3.17. The van der Waals surface area contributed by atoms with Crippen LogP contribution in [0.2, 0.25) is 0 Å². The van der Waals surface area contributed by atoms with Gasteiger partial charge in [0, 0.05) is 13.1 Å². The highest BCUT2D eigenvalue weighted by molar-refractivity contribution is 9.10. The molecule has 1 aliphatic carbocycles. The average molecular weight is 325 g/mol. The summed E-state index contributed by atoms with van der Waals surface area (Å²) in [5, 5.41) is 8.90. The summed E-state index contributed by atoms with van der Waals surface area (Å²) in [5.74, 6) is 0.367. The van der Waals surface area contributed by atoms with Crippen LogP contribution in [0.25, 0.3) is 0 Å². The van der Waals surface area contributed by atoms with E-state index in [1.54, 1.807) is 12.1 Å². The molecule has 1 aliphatic rings. The van der Waals surface area contributed by atoms with Gasteiger partial charge in [-0.2, -0.15) is 5.26 Å². The number of benzene rings is 1. The van der Waals surface area contributed by atoms with Crippen LogP contribution < -0.4 is 4.90 Å². The highest BCUT2D eigenvalue weighted by Crippen LogP contribution is 2.33. The van der Waals surface area contributed by atoms with E-state index in [1.807, 2.05) is 18.0 Å². The Bertz CT molecular complexity index is 510. The second kappa shape index (κ2) is 5.92. The van der Waals surface area contributed by atoms with Crippen molar-refractivity contribution in [3.63, 3.8) is 0 Å². The number of rotatable bonds is 2. The molecule has 0 aliphatic heterocycles. The first kappa shape index (κ1) is 14.3. The van der Waals surface area contributed by atoms with Crippen molar-refractivity contribution in [3.05, 3.63) is 28.0 Å². The summed E-state index contributed by atoms with van der Waals surface area (Å²) in [6.45, 7) is 2.26. The molecule has 19 heavy (non-hydrogen) atoms. The molecule has 1 aromatic carbocycles. The molecule has 0 bridgehead atoms. The highest BCUT2D eigenvalue weighted by Gasteiger charge is 2.25. The molecule has 2 rings (SSSR count). The summed E-state index contributed by atoms with van der Waals surface area (Å²) in [5.41, 5.74) is 0.914. The van der Waals surface area contributed by atoms with Gasteiger partial charge in [-0.25, -0.2) is 4.39 Å². The van der Waals surface area contributed by atoms with Gasteiger partial charge in [-0.1, -0.05) is 19.8 Å². The minimum atomic E-state index is -0.334. The van der Waals surface area contributed by atoms with Crippen molar-refractivity contribution in [1.29, 1.82) is 5.26 Å². The van der Waals surface area contributed by atoms with E-state index in [1.165, 1.54) is 12.8 Å². The van der Waals surface area contributed by atoms with Crippen molar-refractivity contribution in [2.45, 2.75) is 38.6 Å². The summed E-state index contributed by atoms with van der Waals surface area (Å²) in [7, 11) is 1.94. The lowest BCUT2D eigenvalue weighted by molar-refractivity contribution is 0.335. The Labute approximate surface area is 122 Å². The maximum absolute atomic E-state index is 14.3. The molecule has 1 fully saturated rings. The Kier molecular flexibility index (Phi) is 4.46. The van der Waals surface area contributed by atoms with Crippen LogP contribution in [0.5, 0.6) is 0 Å². The van der Waals surface area contributed by atoms with Crippen molar-refractivity contribution in [2.75, 3.05) is 11.9 Å². The normalized spacial score (nSPS) is 22.9. The second-order valence-electron chi connectivity index (χ2n) is 5.41. The predicted molar refractivity (Wildman–Crippen MR) is 78.6 cm³/mol. The van der Waals surface area contributed by atoms with Gasteiger partial charge < -0.3 is 4.90 Å². The van der Waals surface area contributed by atoms with E-state index >= 15 is 0 Å². The van der Waals surface area contributed by atoms with E-state index in [4.69, 9.17) is 5.26 Å². The topological polar surface area (TPSA) is 27.0 Å². The smallest absolute Gasteiger partial charge is 0.161 e. The van der Waals surface area contributed by atoms with Gasteiger partial charge in [-0.05, 0) is 46.8 Å². The standard InChI is InChI=1S/C15H18BrFN2/c1-10-4-3-5-12(8-10)19(2)13-7-6-11(9-18)14(16)15(13)17/h6-7,10,12H,3-5,8H2,1-2H3. The van der Waals surface area contributed by atoms with Crippen LogP contribution >= 0.6 is 15.9 Å². The SMILES string of the molecule is CC1CCCC(N(C)c2ccc(C#N)c(Br)c2F)C1. The fourth-order valence-corrected chi connectivity index (χ4v) is 3.27. The average Bonchev–Trinajstić information content (AvgIpc) is 2.41. The zero-order valence-electron chi connectivity index (χ0n) is 11.3. The van der Waals surface area contributed by atoms with Crippen molar-refractivity contribution in [3.8, 4) is 6.07 Å². The third kappa shape index (κ3) is 2.92. The first-order valence-electron chi connectivity index (χ1n) is 6.65. The number of nitrogens with zero attached hydrogens (tertiary/aromatic N) is 2. The van der Waals surface area contributed by atoms with Crippen LogP contribution in [0.4, 0.5) is 10.1 Å². The van der Waals surface area contributed by atoms with Crippen LogP contribution in [0, 0.1) is 23.1 Å². The molecule has 1 saturated carbocycles. The lowest BCUT2D eigenvalue weighted by Gasteiger charge is -2.35. The van der Waals surface area contributed by atoms with Crippen molar-refractivity contribution in [1.82, 2.24) is 0 Å². The first-order valence-corrected chi connectivity index (χ1v) is 7.44. The van der Waals surface area contributed by atoms with Crippen LogP contribution in [0.15, 0.2) is 16.6 Å². The molecule has 0 amide bonds. The molecular weight excluding hydrogens is 307 g/mol. The molecule has 102 valence electrons. The molecule has 0 heterocycles. The Morgan fingerprint density at radius 1 is 1.42 bits per heavy atom. The molecule has 0 radical (unpaired) electrons. The molecule has 0 spiro atoms. The lowest BCUT2D eigenvalue weighted by Crippen LogP contribution is -2.36. The van der Waals surface area contributed by atoms with E-state index in [0.717, 1.165) is 12.8 Å². The zero-order chi connectivity index (χ0) is 14.0. The Morgan fingerprint density at radius 3 is 2.79 bits per heavy atom. The molecule has 0 saturated heterocycles. The van der Waals surface area contributed by atoms with Gasteiger partial charge >= 0.3 is 0 Å². The van der Waals surface area contributed by atoms with Crippen molar-refractivity contribution in [2.24, 2.45) is 5.92 Å². The number of hydrogen-bond acceptors (Lipinski definition) is 2. The lowest BCUT2D eigenvalue weighted by atomic mass is 9.86. The van der Waals surface area contributed by atoms with Gasteiger partial charge in [0.2, 0.25) is 0 Å². The molecule has 4 heteroatoms. The van der Waals surface area contributed by atoms with Gasteiger partial charge in [0.25, 0.3) is 0 Å². The summed E-state index contributed by atoms with van der Waals surface area (Å²) < 4.78 is 14.6. The van der Waals surface area contributed by atoms with E-state index in [-0.39, 0.29) is 10.3 Å². The van der Waals surface area contributed by atoms with Crippen molar-refractivity contribution >= 4 is 21.6 Å². The minimum absolute atomic E-state index is 0.267. The molecule has 1 aromatic rings.